The zero-order valence-corrected chi connectivity index (χ0v) is 17.3. The number of nitrogens with one attached hydrogen (secondary N) is 2. The molecule has 0 radical (unpaired) electrons. The second-order valence-electron chi connectivity index (χ2n) is 7.77. The van der Waals surface area contributed by atoms with Gasteiger partial charge in [-0.05, 0) is 38.8 Å². The Balaban J connectivity index is 1.37. The summed E-state index contributed by atoms with van der Waals surface area (Å²) < 4.78 is 5.96. The van der Waals surface area contributed by atoms with Crippen molar-refractivity contribution in [2.75, 3.05) is 46.3 Å². The first kappa shape index (κ1) is 20.5. The molecule has 2 fully saturated rings. The van der Waals surface area contributed by atoms with Crippen LogP contribution >= 0.6 is 0 Å². The second kappa shape index (κ2) is 9.78. The van der Waals surface area contributed by atoms with E-state index in [1.54, 1.807) is 0 Å². The molecular weight excluding hydrogens is 354 g/mol. The van der Waals surface area contributed by atoms with Gasteiger partial charge in [0.05, 0.1) is 13.1 Å². The summed E-state index contributed by atoms with van der Waals surface area (Å²) in [5.41, 5.74) is 1.22. The standard InChI is InChI=1S/C21H33N5O2/c1-16-4-8-19(9-5-16)28-17(2)14-23-21(22-3)26-12-10-25(11-13-26)15-20(27)24-18-6-7-18/h4-5,8-9,17-18H,6-7,10-15H2,1-3H3,(H,22,23)(H,24,27). The molecule has 1 heterocycles. The molecule has 0 aromatic heterocycles. The van der Waals surface area contributed by atoms with Gasteiger partial charge in [-0.2, -0.15) is 0 Å². The first-order valence-corrected chi connectivity index (χ1v) is 10.2. The number of aliphatic imine (C=N–C) groups is 1. The van der Waals surface area contributed by atoms with Crippen LogP contribution in [0, 0.1) is 6.92 Å². The maximum absolute atomic E-state index is 12.0. The smallest absolute Gasteiger partial charge is 0.234 e. The first-order valence-electron chi connectivity index (χ1n) is 10.2. The lowest BCUT2D eigenvalue weighted by Crippen LogP contribution is -2.54. The zero-order valence-electron chi connectivity index (χ0n) is 17.3. The fourth-order valence-electron chi connectivity index (χ4n) is 3.28. The maximum atomic E-state index is 12.0. The van der Waals surface area contributed by atoms with Crippen molar-refractivity contribution in [3.8, 4) is 5.75 Å². The van der Waals surface area contributed by atoms with Crippen LogP contribution in [0.2, 0.25) is 0 Å². The van der Waals surface area contributed by atoms with E-state index >= 15 is 0 Å². The van der Waals surface area contributed by atoms with E-state index in [1.807, 2.05) is 19.2 Å². The molecule has 2 aliphatic rings. The van der Waals surface area contributed by atoms with Crippen molar-refractivity contribution in [3.63, 3.8) is 0 Å². The van der Waals surface area contributed by atoms with E-state index in [-0.39, 0.29) is 12.0 Å². The summed E-state index contributed by atoms with van der Waals surface area (Å²) in [5.74, 6) is 1.93. The summed E-state index contributed by atoms with van der Waals surface area (Å²) in [7, 11) is 1.81. The lowest BCUT2D eigenvalue weighted by molar-refractivity contribution is -0.122. The van der Waals surface area contributed by atoms with Crippen LogP contribution in [0.5, 0.6) is 5.75 Å². The average molecular weight is 388 g/mol. The summed E-state index contributed by atoms with van der Waals surface area (Å²) >= 11 is 0. The minimum atomic E-state index is 0.0341. The van der Waals surface area contributed by atoms with Gasteiger partial charge in [0.15, 0.2) is 5.96 Å². The minimum absolute atomic E-state index is 0.0341. The normalized spacial score (nSPS) is 19.2. The van der Waals surface area contributed by atoms with Crippen LogP contribution in [-0.4, -0.2) is 80.1 Å². The molecule has 1 aliphatic heterocycles. The molecule has 1 amide bonds. The van der Waals surface area contributed by atoms with Crippen LogP contribution in [0.15, 0.2) is 29.3 Å². The first-order chi connectivity index (χ1) is 13.5. The van der Waals surface area contributed by atoms with Crippen LogP contribution in [0.3, 0.4) is 0 Å². The van der Waals surface area contributed by atoms with Gasteiger partial charge in [-0.1, -0.05) is 17.7 Å². The highest BCUT2D eigenvalue weighted by Crippen LogP contribution is 2.18. The molecule has 1 unspecified atom stereocenters. The van der Waals surface area contributed by atoms with E-state index < -0.39 is 0 Å². The van der Waals surface area contributed by atoms with Gasteiger partial charge in [-0.3, -0.25) is 14.7 Å². The molecule has 154 valence electrons. The van der Waals surface area contributed by atoms with Crippen molar-refractivity contribution in [1.29, 1.82) is 0 Å². The highest BCUT2D eigenvalue weighted by atomic mass is 16.5. The number of piperazine rings is 1. The summed E-state index contributed by atoms with van der Waals surface area (Å²) in [4.78, 5) is 20.8. The Morgan fingerprint density at radius 2 is 1.89 bits per heavy atom. The molecule has 3 rings (SSSR count). The summed E-state index contributed by atoms with van der Waals surface area (Å²) in [6.45, 7) is 8.77. The third kappa shape index (κ3) is 6.41. The van der Waals surface area contributed by atoms with Crippen LogP contribution < -0.4 is 15.4 Å². The molecule has 1 saturated carbocycles. The van der Waals surface area contributed by atoms with Crippen molar-refractivity contribution in [2.45, 2.75) is 38.8 Å². The lowest BCUT2D eigenvalue weighted by Gasteiger charge is -2.36. The van der Waals surface area contributed by atoms with E-state index in [0.29, 0.717) is 19.1 Å². The molecule has 1 aromatic rings. The predicted molar refractivity (Wildman–Crippen MR) is 112 cm³/mol. The summed E-state index contributed by atoms with van der Waals surface area (Å²) in [6.07, 6.45) is 2.30. The number of ether oxygens (including phenoxy) is 1. The van der Waals surface area contributed by atoms with Crippen molar-refractivity contribution < 1.29 is 9.53 Å². The number of rotatable bonds is 7. The molecule has 7 heteroatoms. The Kier molecular flexibility index (Phi) is 7.14. The SMILES string of the molecule is CN=C(NCC(C)Oc1ccc(C)cc1)N1CCN(CC(=O)NC2CC2)CC1. The Labute approximate surface area is 168 Å². The largest absolute Gasteiger partial charge is 0.489 e. The van der Waals surface area contributed by atoms with Gasteiger partial charge in [0, 0.05) is 39.3 Å². The number of guanidine groups is 1. The van der Waals surface area contributed by atoms with Crippen molar-refractivity contribution in [1.82, 2.24) is 20.4 Å². The molecule has 2 N–H and O–H groups in total. The summed E-state index contributed by atoms with van der Waals surface area (Å²) in [5, 5.41) is 6.47. The Morgan fingerprint density at radius 3 is 2.50 bits per heavy atom. The Hall–Kier alpha value is -2.28. The molecular formula is C21H33N5O2. The molecule has 0 bridgehead atoms. The average Bonchev–Trinajstić information content (AvgIpc) is 3.49. The highest BCUT2D eigenvalue weighted by Gasteiger charge is 2.26. The van der Waals surface area contributed by atoms with Gasteiger partial charge in [0.25, 0.3) is 0 Å². The van der Waals surface area contributed by atoms with Crippen molar-refractivity contribution >= 4 is 11.9 Å². The van der Waals surface area contributed by atoms with E-state index in [4.69, 9.17) is 4.74 Å². The van der Waals surface area contributed by atoms with Crippen LogP contribution in [-0.2, 0) is 4.79 Å². The van der Waals surface area contributed by atoms with Crippen LogP contribution in [0.4, 0.5) is 0 Å². The molecule has 1 saturated heterocycles. The molecule has 1 atom stereocenters. The molecule has 1 aliphatic carbocycles. The number of carbonyl (C=O) groups is 1. The molecule has 28 heavy (non-hydrogen) atoms. The summed E-state index contributed by atoms with van der Waals surface area (Å²) in [6, 6.07) is 8.54. The Bertz CT molecular complexity index is 664. The second-order valence-corrected chi connectivity index (χ2v) is 7.77. The lowest BCUT2D eigenvalue weighted by atomic mass is 10.2. The number of carbonyl (C=O) groups excluding carboxylic acids is 1. The minimum Gasteiger partial charge on any atom is -0.489 e. The number of nitrogens with zero attached hydrogens (tertiary/aromatic N) is 3. The molecule has 1 aromatic carbocycles. The third-order valence-electron chi connectivity index (χ3n) is 5.10. The van der Waals surface area contributed by atoms with Gasteiger partial charge in [0.1, 0.15) is 11.9 Å². The van der Waals surface area contributed by atoms with Gasteiger partial charge < -0.3 is 20.3 Å². The fraction of sp³-hybridized carbons (Fsp3) is 0.619. The van der Waals surface area contributed by atoms with E-state index in [9.17, 15) is 4.79 Å². The number of hydrogen-bond donors (Lipinski definition) is 2. The molecule has 7 nitrogen and oxygen atoms in total. The van der Waals surface area contributed by atoms with E-state index in [2.05, 4.69) is 51.4 Å². The highest BCUT2D eigenvalue weighted by molar-refractivity contribution is 5.80. The van der Waals surface area contributed by atoms with Gasteiger partial charge in [-0.25, -0.2) is 0 Å². The van der Waals surface area contributed by atoms with E-state index in [0.717, 1.165) is 50.7 Å². The third-order valence-corrected chi connectivity index (χ3v) is 5.10. The number of benzene rings is 1. The number of aryl methyl sites for hydroxylation is 1. The van der Waals surface area contributed by atoms with E-state index in [1.165, 1.54) is 5.56 Å². The van der Waals surface area contributed by atoms with Gasteiger partial charge in [-0.15, -0.1) is 0 Å². The maximum Gasteiger partial charge on any atom is 0.234 e. The van der Waals surface area contributed by atoms with Gasteiger partial charge >= 0.3 is 0 Å². The van der Waals surface area contributed by atoms with Crippen LogP contribution in [0.25, 0.3) is 0 Å². The Morgan fingerprint density at radius 1 is 1.21 bits per heavy atom. The quantitative estimate of drug-likeness (QED) is 0.544. The number of amides is 1. The fourth-order valence-corrected chi connectivity index (χ4v) is 3.28. The predicted octanol–water partition coefficient (Wildman–Crippen LogP) is 1.23. The topological polar surface area (TPSA) is 69.2 Å². The zero-order chi connectivity index (χ0) is 19.9. The molecule has 0 spiro atoms. The number of hydrogen-bond acceptors (Lipinski definition) is 4. The van der Waals surface area contributed by atoms with Crippen molar-refractivity contribution in [3.05, 3.63) is 29.8 Å². The van der Waals surface area contributed by atoms with Crippen LogP contribution in [0.1, 0.15) is 25.3 Å². The van der Waals surface area contributed by atoms with Crippen molar-refractivity contribution in [2.24, 2.45) is 4.99 Å². The van der Waals surface area contributed by atoms with Gasteiger partial charge in [0.2, 0.25) is 5.91 Å². The monoisotopic (exact) mass is 387 g/mol.